The number of carbonyl (C=O) groups is 1. The van der Waals surface area contributed by atoms with Crippen LogP contribution in [0.3, 0.4) is 0 Å². The van der Waals surface area contributed by atoms with E-state index in [4.69, 9.17) is 11.6 Å². The molecule has 13 heavy (non-hydrogen) atoms. The van der Waals surface area contributed by atoms with Gasteiger partial charge >= 0.3 is 0 Å². The number of anilines is 1. The van der Waals surface area contributed by atoms with Gasteiger partial charge in [-0.1, -0.05) is 0 Å². The second kappa shape index (κ2) is 3.79. The number of halogens is 1. The minimum atomic E-state index is -0.514. The van der Waals surface area contributed by atoms with Gasteiger partial charge in [0.2, 0.25) is 5.91 Å². The summed E-state index contributed by atoms with van der Waals surface area (Å²) in [6, 6.07) is 1.76. The van der Waals surface area contributed by atoms with Gasteiger partial charge in [0.05, 0.1) is 6.20 Å². The van der Waals surface area contributed by atoms with Crippen LogP contribution >= 0.6 is 11.6 Å². The van der Waals surface area contributed by atoms with Crippen LogP contribution < -0.4 is 4.90 Å². The molecule has 0 fully saturated rings. The van der Waals surface area contributed by atoms with Crippen molar-refractivity contribution in [2.24, 2.45) is 7.05 Å². The molecule has 0 aromatic carbocycles. The standard InChI is InChI=1S/C8H12ClN3O/c1-6(9)8(13)11(2)7-4-5-10-12(7)3/h4-6H,1-3H3. The number of hydrogen-bond donors (Lipinski definition) is 0. The monoisotopic (exact) mass is 201 g/mol. The first-order valence-electron chi connectivity index (χ1n) is 3.93. The molecule has 4 nitrogen and oxygen atoms in total. The Kier molecular flexibility index (Phi) is 2.93. The lowest BCUT2D eigenvalue weighted by Gasteiger charge is -2.17. The molecule has 0 N–H and O–H groups in total. The first-order valence-corrected chi connectivity index (χ1v) is 4.37. The number of aryl methyl sites for hydroxylation is 1. The van der Waals surface area contributed by atoms with E-state index in [2.05, 4.69) is 5.10 Å². The van der Waals surface area contributed by atoms with Crippen LogP contribution in [0.2, 0.25) is 0 Å². The van der Waals surface area contributed by atoms with Gasteiger partial charge in [0.15, 0.2) is 0 Å². The molecule has 1 amide bonds. The first-order chi connectivity index (χ1) is 6.04. The maximum absolute atomic E-state index is 11.4. The Morgan fingerprint density at radius 3 is 2.77 bits per heavy atom. The van der Waals surface area contributed by atoms with Crippen LogP contribution in [-0.4, -0.2) is 28.1 Å². The van der Waals surface area contributed by atoms with E-state index in [9.17, 15) is 4.79 Å². The predicted molar refractivity (Wildman–Crippen MR) is 51.9 cm³/mol. The molecule has 0 radical (unpaired) electrons. The summed E-state index contributed by atoms with van der Waals surface area (Å²) in [4.78, 5) is 12.9. The average molecular weight is 202 g/mol. The first kappa shape index (κ1) is 10.1. The van der Waals surface area contributed by atoms with Crippen LogP contribution in [0.4, 0.5) is 5.82 Å². The van der Waals surface area contributed by atoms with E-state index in [1.54, 1.807) is 38.0 Å². The van der Waals surface area contributed by atoms with Crippen molar-refractivity contribution in [1.82, 2.24) is 9.78 Å². The molecule has 0 spiro atoms. The fourth-order valence-corrected chi connectivity index (χ4v) is 1.22. The normalized spacial score (nSPS) is 12.6. The van der Waals surface area contributed by atoms with E-state index in [0.29, 0.717) is 0 Å². The summed E-state index contributed by atoms with van der Waals surface area (Å²) in [6.45, 7) is 1.65. The van der Waals surface area contributed by atoms with Crippen LogP contribution in [0.15, 0.2) is 12.3 Å². The number of carbonyl (C=O) groups excluding carboxylic acids is 1. The zero-order valence-electron chi connectivity index (χ0n) is 7.86. The Balaban J connectivity index is 2.85. The predicted octanol–water partition coefficient (Wildman–Crippen LogP) is 1.01. The van der Waals surface area contributed by atoms with E-state index < -0.39 is 5.38 Å². The lowest BCUT2D eigenvalue weighted by molar-refractivity contribution is -0.117. The summed E-state index contributed by atoms with van der Waals surface area (Å²) in [5.74, 6) is 0.600. The number of hydrogen-bond acceptors (Lipinski definition) is 2. The van der Waals surface area contributed by atoms with Crippen molar-refractivity contribution in [3.8, 4) is 0 Å². The quantitative estimate of drug-likeness (QED) is 0.670. The van der Waals surface area contributed by atoms with Gasteiger partial charge in [-0.25, -0.2) is 0 Å². The zero-order chi connectivity index (χ0) is 10.0. The highest BCUT2D eigenvalue weighted by Crippen LogP contribution is 2.12. The fraction of sp³-hybridized carbons (Fsp3) is 0.500. The minimum Gasteiger partial charge on any atom is -0.299 e. The molecule has 0 bridgehead atoms. The van der Waals surface area contributed by atoms with Crippen LogP contribution in [-0.2, 0) is 11.8 Å². The van der Waals surface area contributed by atoms with E-state index in [0.717, 1.165) is 5.82 Å². The lowest BCUT2D eigenvalue weighted by atomic mass is 10.4. The molecule has 0 saturated heterocycles. The van der Waals surface area contributed by atoms with Gasteiger partial charge in [-0.15, -0.1) is 11.6 Å². The summed E-state index contributed by atoms with van der Waals surface area (Å²) in [5.41, 5.74) is 0. The highest BCUT2D eigenvalue weighted by atomic mass is 35.5. The van der Waals surface area contributed by atoms with Crippen LogP contribution in [0.5, 0.6) is 0 Å². The Bertz CT molecular complexity index is 308. The van der Waals surface area contributed by atoms with E-state index in [1.165, 1.54) is 4.90 Å². The van der Waals surface area contributed by atoms with E-state index in [-0.39, 0.29) is 5.91 Å². The van der Waals surface area contributed by atoms with E-state index >= 15 is 0 Å². The fourth-order valence-electron chi connectivity index (χ4n) is 1.08. The number of amides is 1. The third-order valence-corrected chi connectivity index (χ3v) is 2.00. The highest BCUT2D eigenvalue weighted by molar-refractivity contribution is 6.32. The third kappa shape index (κ3) is 2.01. The molecular weight excluding hydrogens is 190 g/mol. The second-order valence-corrected chi connectivity index (χ2v) is 3.48. The molecule has 0 saturated carbocycles. The summed E-state index contributed by atoms with van der Waals surface area (Å²) >= 11 is 5.67. The number of aromatic nitrogens is 2. The molecule has 1 atom stereocenters. The smallest absolute Gasteiger partial charge is 0.245 e. The van der Waals surface area contributed by atoms with Crippen molar-refractivity contribution >= 4 is 23.3 Å². The molecule has 0 aliphatic rings. The Hall–Kier alpha value is -1.03. The molecule has 1 rings (SSSR count). The summed E-state index contributed by atoms with van der Waals surface area (Å²) in [6.07, 6.45) is 1.64. The van der Waals surface area contributed by atoms with Gasteiger partial charge in [-0.3, -0.25) is 14.4 Å². The van der Waals surface area contributed by atoms with Crippen molar-refractivity contribution < 1.29 is 4.79 Å². The summed E-state index contributed by atoms with van der Waals surface area (Å²) in [7, 11) is 3.45. The average Bonchev–Trinajstić information content (AvgIpc) is 2.48. The Labute approximate surface area is 82.1 Å². The Morgan fingerprint density at radius 1 is 1.77 bits per heavy atom. The molecule has 72 valence electrons. The van der Waals surface area contributed by atoms with Gasteiger partial charge in [0, 0.05) is 20.2 Å². The summed E-state index contributed by atoms with van der Waals surface area (Å²) < 4.78 is 1.62. The third-order valence-electron chi connectivity index (χ3n) is 1.81. The van der Waals surface area contributed by atoms with Gasteiger partial charge in [-0.05, 0) is 6.92 Å². The van der Waals surface area contributed by atoms with Crippen molar-refractivity contribution in [3.63, 3.8) is 0 Å². The van der Waals surface area contributed by atoms with Gasteiger partial charge in [0.1, 0.15) is 11.2 Å². The van der Waals surface area contributed by atoms with Crippen molar-refractivity contribution in [2.75, 3.05) is 11.9 Å². The lowest BCUT2D eigenvalue weighted by Crippen LogP contribution is -2.33. The van der Waals surface area contributed by atoms with Gasteiger partial charge < -0.3 is 0 Å². The number of nitrogens with zero attached hydrogens (tertiary/aromatic N) is 3. The molecule has 1 unspecified atom stereocenters. The van der Waals surface area contributed by atoms with Crippen LogP contribution in [0, 0.1) is 0 Å². The maximum atomic E-state index is 11.4. The second-order valence-electron chi connectivity index (χ2n) is 2.83. The molecule has 1 heterocycles. The number of alkyl halides is 1. The zero-order valence-corrected chi connectivity index (χ0v) is 8.62. The Morgan fingerprint density at radius 2 is 2.38 bits per heavy atom. The molecule has 5 heteroatoms. The van der Waals surface area contributed by atoms with Gasteiger partial charge in [-0.2, -0.15) is 5.10 Å². The SMILES string of the molecule is CC(Cl)C(=O)N(C)c1ccnn1C. The summed E-state index contributed by atoms with van der Waals surface area (Å²) in [5, 5.41) is 3.45. The molecule has 0 aliphatic heterocycles. The maximum Gasteiger partial charge on any atom is 0.245 e. The van der Waals surface area contributed by atoms with Crippen molar-refractivity contribution in [3.05, 3.63) is 12.3 Å². The molecule has 0 aliphatic carbocycles. The van der Waals surface area contributed by atoms with Crippen molar-refractivity contribution in [1.29, 1.82) is 0 Å². The van der Waals surface area contributed by atoms with Crippen LogP contribution in [0.25, 0.3) is 0 Å². The van der Waals surface area contributed by atoms with Crippen molar-refractivity contribution in [2.45, 2.75) is 12.3 Å². The van der Waals surface area contributed by atoms with E-state index in [1.807, 2.05) is 0 Å². The molecule has 1 aromatic heterocycles. The number of rotatable bonds is 2. The minimum absolute atomic E-state index is 0.134. The highest BCUT2D eigenvalue weighted by Gasteiger charge is 2.17. The van der Waals surface area contributed by atoms with Crippen LogP contribution in [0.1, 0.15) is 6.92 Å². The topological polar surface area (TPSA) is 38.1 Å². The molecular formula is C8H12ClN3O. The molecule has 1 aromatic rings. The van der Waals surface area contributed by atoms with Gasteiger partial charge in [0.25, 0.3) is 0 Å². The largest absolute Gasteiger partial charge is 0.299 e.